The van der Waals surface area contributed by atoms with E-state index >= 15 is 0 Å². The number of aromatic nitrogens is 1. The summed E-state index contributed by atoms with van der Waals surface area (Å²) < 4.78 is 0. The second-order valence-electron chi connectivity index (χ2n) is 4.70. The first-order chi connectivity index (χ1) is 10.6. The lowest BCUT2D eigenvalue weighted by Gasteiger charge is -2.18. The van der Waals surface area contributed by atoms with Crippen LogP contribution in [0.2, 0.25) is 5.02 Å². The smallest absolute Gasteiger partial charge is 0.229 e. The van der Waals surface area contributed by atoms with Crippen LogP contribution in [0.15, 0.2) is 55.0 Å². The second kappa shape index (κ2) is 7.92. The van der Waals surface area contributed by atoms with E-state index in [0.717, 1.165) is 16.3 Å². The van der Waals surface area contributed by atoms with Gasteiger partial charge in [0.15, 0.2) is 0 Å². The molecule has 1 heterocycles. The van der Waals surface area contributed by atoms with Gasteiger partial charge in [-0.1, -0.05) is 35.9 Å². The number of benzene rings is 1. The van der Waals surface area contributed by atoms with E-state index in [-0.39, 0.29) is 12.3 Å². The molecule has 0 saturated heterocycles. The molecular formula is C17H17ClN2OS. The Hall–Kier alpha value is -1.91. The van der Waals surface area contributed by atoms with Crippen molar-refractivity contribution in [3.63, 3.8) is 0 Å². The molecular weight excluding hydrogens is 316 g/mol. The van der Waals surface area contributed by atoms with Gasteiger partial charge >= 0.3 is 0 Å². The van der Waals surface area contributed by atoms with E-state index in [2.05, 4.69) is 18.1 Å². The molecule has 1 amide bonds. The van der Waals surface area contributed by atoms with E-state index in [1.165, 1.54) is 11.3 Å². The number of carbonyl (C=O) groups excluding carboxylic acids is 1. The van der Waals surface area contributed by atoms with E-state index in [4.69, 9.17) is 11.6 Å². The highest BCUT2D eigenvalue weighted by atomic mass is 35.5. The van der Waals surface area contributed by atoms with Crippen molar-refractivity contribution in [2.24, 2.45) is 0 Å². The molecule has 2 rings (SSSR count). The fourth-order valence-electron chi connectivity index (χ4n) is 1.97. The third-order valence-corrected chi connectivity index (χ3v) is 4.22. The lowest BCUT2D eigenvalue weighted by atomic mass is 10.2. The Labute approximate surface area is 139 Å². The third kappa shape index (κ3) is 4.29. The van der Waals surface area contributed by atoms with Crippen LogP contribution in [0, 0.1) is 0 Å². The number of hydrogen-bond donors (Lipinski definition) is 0. The van der Waals surface area contributed by atoms with Gasteiger partial charge in [0.25, 0.3) is 0 Å². The molecule has 0 bridgehead atoms. The Balaban J connectivity index is 2.07. The molecule has 0 aliphatic rings. The average molecular weight is 333 g/mol. The summed E-state index contributed by atoms with van der Waals surface area (Å²) in [5, 5.41) is 3.50. The maximum absolute atomic E-state index is 12.3. The topological polar surface area (TPSA) is 33.2 Å². The van der Waals surface area contributed by atoms with Crippen LogP contribution >= 0.6 is 22.9 Å². The van der Waals surface area contributed by atoms with Crippen LogP contribution in [0.5, 0.6) is 0 Å². The number of carbonyl (C=O) groups is 1. The van der Waals surface area contributed by atoms with E-state index in [9.17, 15) is 4.79 Å². The highest BCUT2D eigenvalue weighted by molar-refractivity contribution is 7.13. The third-order valence-electron chi connectivity index (χ3n) is 3.03. The molecule has 1 aromatic carbocycles. The number of nitrogens with zero attached hydrogens (tertiary/aromatic N) is 2. The molecule has 2 aromatic rings. The van der Waals surface area contributed by atoms with Crippen molar-refractivity contribution in [2.75, 3.05) is 13.1 Å². The van der Waals surface area contributed by atoms with Crippen LogP contribution in [0.3, 0.4) is 0 Å². The Bertz CT molecular complexity index is 654. The van der Waals surface area contributed by atoms with E-state index in [1.54, 1.807) is 17.1 Å². The molecule has 0 aliphatic heterocycles. The summed E-state index contributed by atoms with van der Waals surface area (Å²) in [6.45, 7) is 8.37. The zero-order chi connectivity index (χ0) is 15.9. The summed E-state index contributed by atoms with van der Waals surface area (Å²) in [4.78, 5) is 18.5. The van der Waals surface area contributed by atoms with Crippen LogP contribution in [-0.2, 0) is 11.2 Å². The summed E-state index contributed by atoms with van der Waals surface area (Å²) >= 11 is 7.41. The van der Waals surface area contributed by atoms with Gasteiger partial charge in [0.1, 0.15) is 5.01 Å². The number of amides is 1. The summed E-state index contributed by atoms with van der Waals surface area (Å²) in [5.41, 5.74) is 1.78. The average Bonchev–Trinajstić information content (AvgIpc) is 2.96. The van der Waals surface area contributed by atoms with Crippen LogP contribution in [0.25, 0.3) is 10.6 Å². The van der Waals surface area contributed by atoms with Crippen LogP contribution in [-0.4, -0.2) is 28.9 Å². The van der Waals surface area contributed by atoms with Gasteiger partial charge < -0.3 is 4.90 Å². The minimum absolute atomic E-state index is 0.0211. The molecule has 0 unspecified atom stereocenters. The highest BCUT2D eigenvalue weighted by Gasteiger charge is 2.14. The molecule has 3 nitrogen and oxygen atoms in total. The summed E-state index contributed by atoms with van der Waals surface area (Å²) in [6, 6.07) is 7.51. The second-order valence-corrected chi connectivity index (χ2v) is 6.00. The Morgan fingerprint density at radius 1 is 1.23 bits per heavy atom. The zero-order valence-corrected chi connectivity index (χ0v) is 13.7. The molecule has 0 N–H and O–H groups in total. The molecule has 0 fully saturated rings. The molecule has 0 aliphatic carbocycles. The summed E-state index contributed by atoms with van der Waals surface area (Å²) in [5.74, 6) is 0.0211. The molecule has 1 aromatic heterocycles. The normalized spacial score (nSPS) is 10.2. The number of rotatable bonds is 7. The fourth-order valence-corrected chi connectivity index (χ4v) is 2.92. The van der Waals surface area contributed by atoms with Gasteiger partial charge in [-0.15, -0.1) is 24.5 Å². The Morgan fingerprint density at radius 3 is 2.45 bits per heavy atom. The van der Waals surface area contributed by atoms with Gasteiger partial charge in [-0.25, -0.2) is 4.98 Å². The molecule has 5 heteroatoms. The van der Waals surface area contributed by atoms with Crippen LogP contribution < -0.4 is 0 Å². The van der Waals surface area contributed by atoms with Crippen molar-refractivity contribution in [3.05, 3.63) is 65.7 Å². The Kier molecular flexibility index (Phi) is 5.92. The van der Waals surface area contributed by atoms with Gasteiger partial charge in [-0.05, 0) is 12.1 Å². The maximum atomic E-state index is 12.3. The van der Waals surface area contributed by atoms with Gasteiger partial charge in [0.2, 0.25) is 5.91 Å². The van der Waals surface area contributed by atoms with Gasteiger partial charge in [-0.3, -0.25) is 4.79 Å². The molecule has 0 saturated carbocycles. The van der Waals surface area contributed by atoms with Crippen molar-refractivity contribution >= 4 is 28.8 Å². The van der Waals surface area contributed by atoms with Gasteiger partial charge in [0, 0.05) is 29.1 Å². The van der Waals surface area contributed by atoms with E-state index in [1.807, 2.05) is 29.6 Å². The lowest BCUT2D eigenvalue weighted by molar-refractivity contribution is -0.129. The first-order valence-corrected chi connectivity index (χ1v) is 8.09. The molecule has 22 heavy (non-hydrogen) atoms. The monoisotopic (exact) mass is 332 g/mol. The predicted octanol–water partition coefficient (Wildman–Crippen LogP) is 4.21. The zero-order valence-electron chi connectivity index (χ0n) is 12.2. The summed E-state index contributed by atoms with van der Waals surface area (Å²) in [6.07, 6.45) is 3.70. The van der Waals surface area contributed by atoms with Crippen molar-refractivity contribution in [2.45, 2.75) is 6.42 Å². The van der Waals surface area contributed by atoms with Crippen molar-refractivity contribution in [3.8, 4) is 10.6 Å². The SMILES string of the molecule is C=CCN(CC=C)C(=O)Cc1csc(-c2ccc(Cl)cc2)n1. The minimum Gasteiger partial charge on any atom is -0.335 e. The number of hydrogen-bond acceptors (Lipinski definition) is 3. The van der Waals surface area contributed by atoms with Crippen LogP contribution in [0.4, 0.5) is 0 Å². The van der Waals surface area contributed by atoms with Crippen molar-refractivity contribution in [1.82, 2.24) is 9.88 Å². The quantitative estimate of drug-likeness (QED) is 0.712. The molecule has 0 atom stereocenters. The number of halogens is 1. The predicted molar refractivity (Wildman–Crippen MR) is 93.2 cm³/mol. The van der Waals surface area contributed by atoms with E-state index < -0.39 is 0 Å². The van der Waals surface area contributed by atoms with Crippen molar-refractivity contribution in [1.29, 1.82) is 0 Å². The molecule has 0 radical (unpaired) electrons. The minimum atomic E-state index is 0.0211. The fraction of sp³-hybridized carbons (Fsp3) is 0.176. The molecule has 114 valence electrons. The van der Waals surface area contributed by atoms with Crippen LogP contribution in [0.1, 0.15) is 5.69 Å². The largest absolute Gasteiger partial charge is 0.335 e. The standard InChI is InChI=1S/C17H17ClN2OS/c1-3-9-20(10-4-2)16(21)11-15-12-22-17(19-15)13-5-7-14(18)8-6-13/h3-8,12H,1-2,9-11H2. The maximum Gasteiger partial charge on any atom is 0.229 e. The lowest BCUT2D eigenvalue weighted by Crippen LogP contribution is -2.32. The Morgan fingerprint density at radius 2 is 1.86 bits per heavy atom. The van der Waals surface area contributed by atoms with Gasteiger partial charge in [-0.2, -0.15) is 0 Å². The van der Waals surface area contributed by atoms with Gasteiger partial charge in [0.05, 0.1) is 12.1 Å². The van der Waals surface area contributed by atoms with Crippen molar-refractivity contribution < 1.29 is 4.79 Å². The number of thiazole rings is 1. The highest BCUT2D eigenvalue weighted by Crippen LogP contribution is 2.25. The summed E-state index contributed by atoms with van der Waals surface area (Å²) in [7, 11) is 0. The first-order valence-electron chi connectivity index (χ1n) is 6.84. The first kappa shape index (κ1) is 16.5. The molecule has 0 spiro atoms. The van der Waals surface area contributed by atoms with E-state index in [0.29, 0.717) is 18.1 Å².